The molecule has 10 rings (SSSR count). The molecule has 2 aromatic heterocycles. The number of carbonyl (C=O) groups is 1. The highest BCUT2D eigenvalue weighted by atomic mass is 32.2. The van der Waals surface area contributed by atoms with Gasteiger partial charge in [0.1, 0.15) is 29.6 Å². The van der Waals surface area contributed by atoms with Crippen LogP contribution >= 0.6 is 0 Å². The van der Waals surface area contributed by atoms with Crippen molar-refractivity contribution in [3.05, 3.63) is 106 Å². The Balaban J connectivity index is 0.866. The van der Waals surface area contributed by atoms with E-state index in [2.05, 4.69) is 55.8 Å². The number of anilines is 2. The number of hydrogen-bond acceptors (Lipinski definition) is 14. The first-order valence-electron chi connectivity index (χ1n) is 24.5. The number of aromatic amines is 1. The first kappa shape index (κ1) is 49.7. The van der Waals surface area contributed by atoms with Crippen molar-refractivity contribution in [2.24, 2.45) is 16.5 Å². The molecule has 1 amide bonds. The molecule has 6 N–H and O–H groups in total. The number of likely N-dealkylation sites (tertiary alicyclic amines) is 1. The number of H-pyrrole nitrogens is 1. The van der Waals surface area contributed by atoms with Crippen LogP contribution in [0.25, 0.3) is 11.0 Å². The second-order valence-electron chi connectivity index (χ2n) is 20.9. The SMILES string of the molecule is CC(C)c1ccccc1[C@@H]1CN(S(N)(=O)=O)CC[C@@H]1N1CC2(CCN(c3ccc(C(=O)NS(=O)(=O)c4cc5c(c([N+](=O)[O-])c4)N[C@@H](C4CCC(C)(O)CC4)CO5)c(Oc4cnc5[nH]cc(F)c5c4)c3)CC2)C1. The summed E-state index contributed by atoms with van der Waals surface area (Å²) in [5.41, 5.74) is 1.90. The summed E-state index contributed by atoms with van der Waals surface area (Å²) in [6.45, 7) is 9.90. The number of nitrogens with two attached hydrogens (primary N) is 1. The fourth-order valence-corrected chi connectivity index (χ4v) is 13.4. The number of nitrogens with one attached hydrogen (secondary N) is 3. The summed E-state index contributed by atoms with van der Waals surface area (Å²) in [7, 11) is -8.63. The molecule has 1 spiro atoms. The fraction of sp³-hybridized carbons (Fsp3) is 0.480. The lowest BCUT2D eigenvalue weighted by Crippen LogP contribution is -2.66. The van der Waals surface area contributed by atoms with Crippen LogP contribution in [-0.4, -0.2) is 116 Å². The Bertz CT molecular complexity index is 3140. The van der Waals surface area contributed by atoms with Crippen molar-refractivity contribution < 1.29 is 45.5 Å². The Morgan fingerprint density at radius 3 is 2.47 bits per heavy atom. The second kappa shape index (κ2) is 18.9. The van der Waals surface area contributed by atoms with Crippen LogP contribution in [0.15, 0.2) is 78.0 Å². The van der Waals surface area contributed by atoms with Crippen molar-refractivity contribution in [3.63, 3.8) is 0 Å². The lowest BCUT2D eigenvalue weighted by Gasteiger charge is -2.59. The molecule has 72 heavy (non-hydrogen) atoms. The minimum Gasteiger partial charge on any atom is -0.489 e. The molecule has 384 valence electrons. The van der Waals surface area contributed by atoms with Gasteiger partial charge in [0.15, 0.2) is 11.4 Å². The van der Waals surface area contributed by atoms with E-state index < -0.39 is 53.1 Å². The summed E-state index contributed by atoms with van der Waals surface area (Å²) >= 11 is 0. The van der Waals surface area contributed by atoms with Gasteiger partial charge in [0, 0.05) is 81.3 Å². The Morgan fingerprint density at radius 2 is 1.76 bits per heavy atom. The molecule has 19 nitrogen and oxygen atoms in total. The fourth-order valence-electron chi connectivity index (χ4n) is 11.7. The molecule has 5 aliphatic rings. The zero-order chi connectivity index (χ0) is 50.9. The number of ether oxygens (including phenoxy) is 2. The van der Waals surface area contributed by atoms with Gasteiger partial charge < -0.3 is 29.8 Å². The molecule has 1 aliphatic carbocycles. The van der Waals surface area contributed by atoms with Crippen LogP contribution in [0.5, 0.6) is 17.2 Å². The van der Waals surface area contributed by atoms with Crippen molar-refractivity contribution in [2.45, 2.75) is 100 Å². The number of piperidine rings is 2. The van der Waals surface area contributed by atoms with Gasteiger partial charge in [0.05, 0.1) is 38.6 Å². The number of nitrogens with zero attached hydrogens (tertiary/aromatic N) is 5. The van der Waals surface area contributed by atoms with Gasteiger partial charge in [-0.15, -0.1) is 0 Å². The van der Waals surface area contributed by atoms with Crippen molar-refractivity contribution in [1.29, 1.82) is 0 Å². The topological polar surface area (TPSA) is 256 Å². The molecule has 5 aromatic rings. The summed E-state index contributed by atoms with van der Waals surface area (Å²) < 4.78 is 83.5. The van der Waals surface area contributed by atoms with E-state index in [1.807, 2.05) is 12.1 Å². The molecule has 4 aliphatic heterocycles. The number of pyridine rings is 1. The van der Waals surface area contributed by atoms with E-state index in [1.54, 1.807) is 19.1 Å². The van der Waals surface area contributed by atoms with Crippen LogP contribution in [0.4, 0.5) is 21.5 Å². The quantitative estimate of drug-likeness (QED) is 0.0642. The molecule has 3 atom stereocenters. The third-order valence-electron chi connectivity index (χ3n) is 15.8. The van der Waals surface area contributed by atoms with Crippen molar-refractivity contribution in [3.8, 4) is 17.2 Å². The number of nitro benzene ring substituents is 1. The molecular weight excluding hydrogens is 970 g/mol. The second-order valence-corrected chi connectivity index (χ2v) is 24.2. The predicted molar refractivity (Wildman–Crippen MR) is 268 cm³/mol. The number of carbonyl (C=O) groups excluding carboxylic acids is 1. The number of aliphatic hydroxyl groups is 1. The number of halogens is 1. The van der Waals surface area contributed by atoms with E-state index in [0.717, 1.165) is 49.8 Å². The summed E-state index contributed by atoms with van der Waals surface area (Å²) in [4.78, 5) is 36.9. The van der Waals surface area contributed by atoms with Gasteiger partial charge in [0.25, 0.3) is 31.8 Å². The molecule has 0 bridgehead atoms. The minimum absolute atomic E-state index is 0.0351. The number of fused-ring (bicyclic) bond motifs is 2. The predicted octanol–water partition coefficient (Wildman–Crippen LogP) is 6.72. The third kappa shape index (κ3) is 9.83. The Kier molecular flexibility index (Phi) is 13.0. The molecule has 3 saturated heterocycles. The van der Waals surface area contributed by atoms with E-state index in [0.29, 0.717) is 64.0 Å². The molecule has 0 radical (unpaired) electrons. The van der Waals surface area contributed by atoms with Gasteiger partial charge >= 0.3 is 0 Å². The van der Waals surface area contributed by atoms with Crippen molar-refractivity contribution >= 4 is 54.2 Å². The summed E-state index contributed by atoms with van der Waals surface area (Å²) in [6.07, 6.45) is 7.37. The zero-order valence-electron chi connectivity index (χ0n) is 40.3. The number of sulfonamides is 1. The molecule has 1 saturated carbocycles. The van der Waals surface area contributed by atoms with Gasteiger partial charge in [-0.1, -0.05) is 38.1 Å². The van der Waals surface area contributed by atoms with Gasteiger partial charge in [-0.3, -0.25) is 19.8 Å². The van der Waals surface area contributed by atoms with Crippen LogP contribution < -0.4 is 29.6 Å². The summed E-state index contributed by atoms with van der Waals surface area (Å²) in [5, 5.41) is 31.9. The van der Waals surface area contributed by atoms with Gasteiger partial charge in [0.2, 0.25) is 0 Å². The first-order valence-corrected chi connectivity index (χ1v) is 27.5. The Morgan fingerprint density at radius 1 is 1.03 bits per heavy atom. The van der Waals surface area contributed by atoms with E-state index in [4.69, 9.17) is 14.6 Å². The number of amides is 1. The highest BCUT2D eigenvalue weighted by Gasteiger charge is 2.50. The van der Waals surface area contributed by atoms with E-state index in [1.165, 1.54) is 28.2 Å². The van der Waals surface area contributed by atoms with Crippen LogP contribution in [-0.2, 0) is 20.2 Å². The number of aromatic nitrogens is 2. The molecule has 6 heterocycles. The Hall–Kier alpha value is -5.91. The normalized spacial score (nSPS) is 24.8. The number of benzene rings is 3. The van der Waals surface area contributed by atoms with E-state index in [-0.39, 0.29) is 81.4 Å². The van der Waals surface area contributed by atoms with Crippen molar-refractivity contribution in [1.82, 2.24) is 23.9 Å². The first-order chi connectivity index (χ1) is 34.2. The van der Waals surface area contributed by atoms with Gasteiger partial charge in [-0.2, -0.15) is 12.7 Å². The Labute approximate surface area is 417 Å². The molecule has 4 fully saturated rings. The molecule has 22 heteroatoms. The van der Waals surface area contributed by atoms with Crippen LogP contribution in [0, 0.1) is 27.3 Å². The maximum absolute atomic E-state index is 14.7. The average Bonchev–Trinajstić information content (AvgIpc) is 3.71. The number of rotatable bonds is 12. The molecule has 3 aromatic carbocycles. The highest BCUT2D eigenvalue weighted by molar-refractivity contribution is 7.90. The maximum Gasteiger partial charge on any atom is 0.297 e. The minimum atomic E-state index is -4.76. The summed E-state index contributed by atoms with van der Waals surface area (Å²) in [5.74, 6) is -1.38. The van der Waals surface area contributed by atoms with Gasteiger partial charge in [-0.25, -0.2) is 27.7 Å². The standard InChI is InChI=1S/C50H60FN9O10S2/c1-30(2)35-6-4-5-7-36(35)39-26-59(72(52,67)68)17-12-42(39)58-28-50(29-58)15-18-57(19-16-50)32-8-9-37(44(20-32)70-33-21-38-40(51)25-54-47(38)53-24-33)48(61)56-71(65,66)34-22-43(60(63)64)46-45(23-34)69-27-41(55-46)31-10-13-49(3,62)14-11-31/h4-9,20-25,30-31,39,41-42,55,62H,10-19,26-29H2,1-3H3,(H,53,54)(H,56,61)(H2,52,67,68)/t31?,39-,41+,42-,49?/m0/s1. The number of hydrogen-bond donors (Lipinski definition) is 5. The lowest BCUT2D eigenvalue weighted by atomic mass is 9.69. The van der Waals surface area contributed by atoms with E-state index in [9.17, 15) is 41.2 Å². The molecule has 0 unspecified atom stereocenters. The van der Waals surface area contributed by atoms with Crippen molar-refractivity contribution in [2.75, 3.05) is 56.1 Å². The van der Waals surface area contributed by atoms with Gasteiger partial charge in [-0.05, 0) is 98.4 Å². The smallest absolute Gasteiger partial charge is 0.297 e. The third-order valence-corrected chi connectivity index (χ3v) is 18.1. The lowest BCUT2D eigenvalue weighted by molar-refractivity contribution is -0.384. The van der Waals surface area contributed by atoms with Crippen LogP contribution in [0.1, 0.15) is 99.0 Å². The van der Waals surface area contributed by atoms with E-state index >= 15 is 0 Å². The van der Waals surface area contributed by atoms with Crippen LogP contribution in [0.2, 0.25) is 0 Å². The summed E-state index contributed by atoms with van der Waals surface area (Å²) in [6, 6.07) is 16.3. The largest absolute Gasteiger partial charge is 0.489 e. The molecular formula is C50H60FN9O10S2. The zero-order valence-corrected chi connectivity index (χ0v) is 42.0. The average molecular weight is 1030 g/mol. The monoisotopic (exact) mass is 1030 g/mol. The maximum atomic E-state index is 14.7. The number of nitro groups is 1. The van der Waals surface area contributed by atoms with Crippen LogP contribution in [0.3, 0.4) is 0 Å². The highest BCUT2D eigenvalue weighted by Crippen LogP contribution is 2.48.